The van der Waals surface area contributed by atoms with Gasteiger partial charge in [0.1, 0.15) is 5.75 Å². The minimum absolute atomic E-state index is 0.423. The Labute approximate surface area is 140 Å². The standard InChI is InChI=1S/C19H20N2O3/c1-20-19(23)18(22)17(14-7-9-15(24-2)10-8-14)21-12-11-13-5-3-4-6-16(13)21/h3-12,17-18,22H,1-2H3,(H,20,23). The molecule has 5 heteroatoms. The summed E-state index contributed by atoms with van der Waals surface area (Å²) < 4.78 is 7.12. The molecule has 2 aromatic carbocycles. The van der Waals surface area contributed by atoms with Gasteiger partial charge in [0, 0.05) is 18.8 Å². The fourth-order valence-electron chi connectivity index (χ4n) is 2.93. The monoisotopic (exact) mass is 324 g/mol. The van der Waals surface area contributed by atoms with Gasteiger partial charge >= 0.3 is 0 Å². The number of nitrogens with one attached hydrogen (secondary N) is 1. The minimum Gasteiger partial charge on any atom is -0.497 e. The molecule has 0 radical (unpaired) electrons. The number of likely N-dealkylation sites (N-methyl/N-ethyl adjacent to an activating group) is 1. The van der Waals surface area contributed by atoms with Crippen molar-refractivity contribution in [2.45, 2.75) is 12.1 Å². The van der Waals surface area contributed by atoms with Crippen molar-refractivity contribution >= 4 is 16.8 Å². The number of nitrogens with zero attached hydrogens (tertiary/aromatic N) is 1. The molecular weight excluding hydrogens is 304 g/mol. The average molecular weight is 324 g/mol. The number of rotatable bonds is 5. The Hall–Kier alpha value is -2.79. The fraction of sp³-hybridized carbons (Fsp3) is 0.211. The van der Waals surface area contributed by atoms with Gasteiger partial charge in [0.25, 0.3) is 5.91 Å². The molecule has 124 valence electrons. The van der Waals surface area contributed by atoms with Gasteiger partial charge < -0.3 is 19.7 Å². The van der Waals surface area contributed by atoms with Crippen molar-refractivity contribution in [1.82, 2.24) is 9.88 Å². The topological polar surface area (TPSA) is 63.5 Å². The maximum absolute atomic E-state index is 12.1. The van der Waals surface area contributed by atoms with Crippen LogP contribution in [0.4, 0.5) is 0 Å². The number of aromatic nitrogens is 1. The third kappa shape index (κ3) is 2.86. The lowest BCUT2D eigenvalue weighted by Gasteiger charge is -2.25. The smallest absolute Gasteiger partial charge is 0.251 e. The third-order valence-electron chi connectivity index (χ3n) is 4.20. The highest BCUT2D eigenvalue weighted by molar-refractivity contribution is 5.83. The molecule has 0 aliphatic rings. The minimum atomic E-state index is -1.21. The van der Waals surface area contributed by atoms with Crippen LogP contribution in [0, 0.1) is 0 Å². The molecule has 2 atom stereocenters. The molecule has 1 amide bonds. The zero-order chi connectivity index (χ0) is 17.1. The SMILES string of the molecule is CNC(=O)C(O)C(c1ccc(OC)cc1)n1ccc2ccccc21. The van der Waals surface area contributed by atoms with Crippen LogP contribution in [0.1, 0.15) is 11.6 Å². The molecule has 2 N–H and O–H groups in total. The number of aliphatic hydroxyl groups excluding tert-OH is 1. The van der Waals surface area contributed by atoms with Crippen LogP contribution >= 0.6 is 0 Å². The van der Waals surface area contributed by atoms with Crippen molar-refractivity contribution in [3.63, 3.8) is 0 Å². The van der Waals surface area contributed by atoms with Crippen LogP contribution in [-0.4, -0.2) is 35.8 Å². The highest BCUT2D eigenvalue weighted by atomic mass is 16.5. The quantitative estimate of drug-likeness (QED) is 0.757. The van der Waals surface area contributed by atoms with Crippen LogP contribution in [0.5, 0.6) is 5.75 Å². The number of methoxy groups -OCH3 is 1. The van der Waals surface area contributed by atoms with Gasteiger partial charge in [-0.3, -0.25) is 4.79 Å². The second-order valence-corrected chi connectivity index (χ2v) is 5.56. The van der Waals surface area contributed by atoms with Gasteiger partial charge in [-0.05, 0) is 35.2 Å². The number of carbonyl (C=O) groups is 1. The van der Waals surface area contributed by atoms with E-state index in [-0.39, 0.29) is 0 Å². The number of para-hydroxylation sites is 1. The summed E-state index contributed by atoms with van der Waals surface area (Å²) in [5.74, 6) is 0.304. The van der Waals surface area contributed by atoms with Gasteiger partial charge in [-0.15, -0.1) is 0 Å². The summed E-state index contributed by atoms with van der Waals surface area (Å²) in [6, 6.07) is 16.7. The average Bonchev–Trinajstić information content (AvgIpc) is 3.05. The lowest BCUT2D eigenvalue weighted by atomic mass is 10.00. The van der Waals surface area contributed by atoms with Crippen molar-refractivity contribution < 1.29 is 14.6 Å². The third-order valence-corrected chi connectivity index (χ3v) is 4.20. The molecule has 2 unspecified atom stereocenters. The van der Waals surface area contributed by atoms with Crippen molar-refractivity contribution in [3.05, 3.63) is 66.4 Å². The first kappa shape index (κ1) is 16.1. The van der Waals surface area contributed by atoms with E-state index in [0.717, 1.165) is 22.2 Å². The van der Waals surface area contributed by atoms with Crippen LogP contribution in [0.3, 0.4) is 0 Å². The summed E-state index contributed by atoms with van der Waals surface area (Å²) in [6.45, 7) is 0. The van der Waals surface area contributed by atoms with Gasteiger partial charge in [-0.1, -0.05) is 30.3 Å². The lowest BCUT2D eigenvalue weighted by molar-refractivity contribution is -0.130. The molecular formula is C19H20N2O3. The van der Waals surface area contributed by atoms with Gasteiger partial charge in [-0.2, -0.15) is 0 Å². The van der Waals surface area contributed by atoms with E-state index in [1.807, 2.05) is 65.4 Å². The van der Waals surface area contributed by atoms with Crippen LogP contribution in [0.25, 0.3) is 10.9 Å². The molecule has 0 fully saturated rings. The first-order valence-electron chi connectivity index (χ1n) is 7.75. The zero-order valence-corrected chi connectivity index (χ0v) is 13.6. The number of aliphatic hydroxyl groups is 1. The van der Waals surface area contributed by atoms with Crippen molar-refractivity contribution in [3.8, 4) is 5.75 Å². The maximum atomic E-state index is 12.1. The Balaban J connectivity index is 2.12. The Morgan fingerprint density at radius 1 is 1.12 bits per heavy atom. The highest BCUT2D eigenvalue weighted by Crippen LogP contribution is 2.29. The molecule has 0 aliphatic carbocycles. The number of benzene rings is 2. The molecule has 1 aromatic heterocycles. The number of ether oxygens (including phenoxy) is 1. The molecule has 3 rings (SSSR count). The van der Waals surface area contributed by atoms with E-state index in [2.05, 4.69) is 5.32 Å². The van der Waals surface area contributed by atoms with Crippen LogP contribution in [0.2, 0.25) is 0 Å². The lowest BCUT2D eigenvalue weighted by Crippen LogP contribution is -2.39. The van der Waals surface area contributed by atoms with E-state index in [1.54, 1.807) is 7.11 Å². The molecule has 5 nitrogen and oxygen atoms in total. The Kier molecular flexibility index (Phi) is 4.53. The van der Waals surface area contributed by atoms with E-state index in [1.165, 1.54) is 7.05 Å². The fourth-order valence-corrected chi connectivity index (χ4v) is 2.93. The van der Waals surface area contributed by atoms with E-state index in [9.17, 15) is 9.90 Å². The van der Waals surface area contributed by atoms with E-state index < -0.39 is 18.1 Å². The van der Waals surface area contributed by atoms with Crippen molar-refractivity contribution in [2.24, 2.45) is 0 Å². The summed E-state index contributed by atoms with van der Waals surface area (Å²) in [7, 11) is 3.12. The predicted molar refractivity (Wildman–Crippen MR) is 93.1 cm³/mol. The predicted octanol–water partition coefficient (Wildman–Crippen LogP) is 2.35. The second-order valence-electron chi connectivity index (χ2n) is 5.56. The summed E-state index contributed by atoms with van der Waals surface area (Å²) in [5, 5.41) is 14.2. The van der Waals surface area contributed by atoms with Crippen LogP contribution < -0.4 is 10.1 Å². The summed E-state index contributed by atoms with van der Waals surface area (Å²) >= 11 is 0. The summed E-state index contributed by atoms with van der Waals surface area (Å²) in [5.41, 5.74) is 1.79. The van der Waals surface area contributed by atoms with Gasteiger partial charge in [-0.25, -0.2) is 0 Å². The molecule has 0 spiro atoms. The number of hydrogen-bond donors (Lipinski definition) is 2. The second kappa shape index (κ2) is 6.76. The van der Waals surface area contributed by atoms with E-state index in [4.69, 9.17) is 4.74 Å². The first-order valence-corrected chi connectivity index (χ1v) is 7.75. The summed E-state index contributed by atoms with van der Waals surface area (Å²) in [4.78, 5) is 12.1. The largest absolute Gasteiger partial charge is 0.497 e. The normalized spacial score (nSPS) is 13.5. The molecule has 1 heterocycles. The molecule has 0 bridgehead atoms. The Morgan fingerprint density at radius 2 is 1.83 bits per heavy atom. The number of hydrogen-bond acceptors (Lipinski definition) is 3. The zero-order valence-electron chi connectivity index (χ0n) is 13.6. The number of carbonyl (C=O) groups excluding carboxylic acids is 1. The molecule has 3 aromatic rings. The van der Waals surface area contributed by atoms with Crippen molar-refractivity contribution in [1.29, 1.82) is 0 Å². The van der Waals surface area contributed by atoms with Crippen molar-refractivity contribution in [2.75, 3.05) is 14.2 Å². The summed E-state index contributed by atoms with van der Waals surface area (Å²) in [6.07, 6.45) is 0.685. The van der Waals surface area contributed by atoms with E-state index in [0.29, 0.717) is 0 Å². The van der Waals surface area contributed by atoms with Gasteiger partial charge in [0.2, 0.25) is 0 Å². The van der Waals surface area contributed by atoms with Crippen LogP contribution in [-0.2, 0) is 4.79 Å². The van der Waals surface area contributed by atoms with E-state index >= 15 is 0 Å². The van der Waals surface area contributed by atoms with Gasteiger partial charge in [0.05, 0.1) is 13.2 Å². The molecule has 24 heavy (non-hydrogen) atoms. The van der Waals surface area contributed by atoms with Crippen LogP contribution in [0.15, 0.2) is 60.8 Å². The number of fused-ring (bicyclic) bond motifs is 1. The maximum Gasteiger partial charge on any atom is 0.251 e. The van der Waals surface area contributed by atoms with Gasteiger partial charge in [0.15, 0.2) is 6.10 Å². The molecule has 0 saturated carbocycles. The molecule has 0 saturated heterocycles. The molecule has 0 aliphatic heterocycles. The first-order chi connectivity index (χ1) is 11.7. The highest BCUT2D eigenvalue weighted by Gasteiger charge is 2.29. The number of amides is 1. The Morgan fingerprint density at radius 3 is 2.50 bits per heavy atom. The Bertz CT molecular complexity index is 839.